The molecule has 0 N–H and O–H groups in total. The first-order chi connectivity index (χ1) is 8.91. The van der Waals surface area contributed by atoms with Gasteiger partial charge in [-0.05, 0) is 37.0 Å². The molecule has 1 aliphatic rings. The van der Waals surface area contributed by atoms with Crippen LogP contribution in [0.2, 0.25) is 0 Å². The van der Waals surface area contributed by atoms with Gasteiger partial charge in [-0.25, -0.2) is 12.8 Å². The summed E-state index contributed by atoms with van der Waals surface area (Å²) in [7, 11) is -3.56. The topological polar surface area (TPSA) is 37.4 Å². The molecule has 0 saturated carbocycles. The fourth-order valence-corrected chi connectivity index (χ4v) is 4.38. The van der Waals surface area contributed by atoms with Crippen molar-refractivity contribution in [3.05, 3.63) is 30.1 Å². The zero-order valence-corrected chi connectivity index (χ0v) is 13.1. The molecule has 0 spiro atoms. The van der Waals surface area contributed by atoms with Gasteiger partial charge in [0.05, 0.1) is 4.90 Å². The summed E-state index contributed by atoms with van der Waals surface area (Å²) in [6.45, 7) is 3.08. The normalized spacial score (nSPS) is 20.4. The summed E-state index contributed by atoms with van der Waals surface area (Å²) in [5.74, 6) is -0.0241. The Morgan fingerprint density at radius 1 is 1.37 bits per heavy atom. The van der Waals surface area contributed by atoms with E-state index < -0.39 is 15.8 Å². The second-order valence-electron chi connectivity index (χ2n) is 4.88. The fraction of sp³-hybridized carbons (Fsp3) is 0.538. The number of hydrogen-bond donors (Lipinski definition) is 0. The Bertz CT molecular complexity index is 539. The molecule has 1 aliphatic heterocycles. The van der Waals surface area contributed by atoms with Crippen LogP contribution in [0.4, 0.5) is 4.39 Å². The third kappa shape index (κ3) is 3.35. The first kappa shape index (κ1) is 14.9. The zero-order chi connectivity index (χ0) is 14.0. The van der Waals surface area contributed by atoms with Crippen LogP contribution < -0.4 is 0 Å². The highest BCUT2D eigenvalue weighted by molar-refractivity contribution is 9.09. The second-order valence-corrected chi connectivity index (χ2v) is 8.26. The monoisotopic (exact) mass is 349 g/mol. The number of rotatable bonds is 3. The molecule has 106 valence electrons. The minimum Gasteiger partial charge on any atom is -0.207 e. The molecule has 0 radical (unpaired) electrons. The van der Waals surface area contributed by atoms with Crippen LogP contribution in [-0.4, -0.2) is 30.6 Å². The first-order valence-electron chi connectivity index (χ1n) is 6.31. The van der Waals surface area contributed by atoms with E-state index >= 15 is 0 Å². The molecule has 1 atom stereocenters. The van der Waals surface area contributed by atoms with Gasteiger partial charge in [-0.2, -0.15) is 4.31 Å². The van der Waals surface area contributed by atoms with E-state index in [1.54, 1.807) is 0 Å². The van der Waals surface area contributed by atoms with Crippen LogP contribution in [0.5, 0.6) is 0 Å². The van der Waals surface area contributed by atoms with Gasteiger partial charge in [-0.3, -0.25) is 0 Å². The van der Waals surface area contributed by atoms with E-state index in [-0.39, 0.29) is 4.90 Å². The lowest BCUT2D eigenvalue weighted by molar-refractivity contribution is 0.274. The number of benzene rings is 1. The fourth-order valence-electron chi connectivity index (χ4n) is 2.35. The quantitative estimate of drug-likeness (QED) is 0.786. The van der Waals surface area contributed by atoms with Crippen LogP contribution in [0.3, 0.4) is 0 Å². The van der Waals surface area contributed by atoms with Gasteiger partial charge >= 0.3 is 0 Å². The Morgan fingerprint density at radius 2 is 2.00 bits per heavy atom. The van der Waals surface area contributed by atoms with Crippen molar-refractivity contribution in [1.82, 2.24) is 4.31 Å². The molecule has 1 fully saturated rings. The Kier molecular flexibility index (Phi) is 4.63. The molecule has 1 unspecified atom stereocenters. The van der Waals surface area contributed by atoms with Gasteiger partial charge in [-0.1, -0.05) is 28.9 Å². The molecule has 0 aromatic heterocycles. The van der Waals surface area contributed by atoms with E-state index in [1.165, 1.54) is 22.5 Å². The van der Waals surface area contributed by atoms with Gasteiger partial charge in [0.2, 0.25) is 10.0 Å². The van der Waals surface area contributed by atoms with Crippen molar-refractivity contribution in [2.24, 2.45) is 5.92 Å². The molecule has 3 nitrogen and oxygen atoms in total. The summed E-state index contributed by atoms with van der Waals surface area (Å²) in [4.78, 5) is 0.435. The minimum atomic E-state index is -3.56. The van der Waals surface area contributed by atoms with Crippen LogP contribution in [0.15, 0.2) is 29.2 Å². The molecule has 19 heavy (non-hydrogen) atoms. The Balaban J connectivity index is 2.14. The van der Waals surface area contributed by atoms with Gasteiger partial charge in [0.25, 0.3) is 0 Å². The Labute approximate surface area is 122 Å². The predicted molar refractivity (Wildman–Crippen MR) is 76.3 cm³/mol. The maximum atomic E-state index is 13.1. The van der Waals surface area contributed by atoms with Gasteiger partial charge in [-0.15, -0.1) is 0 Å². The van der Waals surface area contributed by atoms with E-state index in [1.807, 2.05) is 0 Å². The first-order valence-corrected chi connectivity index (χ1v) is 8.66. The highest BCUT2D eigenvalue weighted by Gasteiger charge is 2.30. The van der Waals surface area contributed by atoms with Crippen molar-refractivity contribution >= 4 is 26.0 Å². The third-order valence-electron chi connectivity index (χ3n) is 3.58. The molecule has 1 aromatic carbocycles. The van der Waals surface area contributed by atoms with Crippen LogP contribution in [0, 0.1) is 11.7 Å². The SMILES string of the molecule is CC(Br)C1CCN(S(=O)(=O)c2cccc(F)c2)CC1. The molecule has 0 aliphatic carbocycles. The summed E-state index contributed by atoms with van der Waals surface area (Å²) < 4.78 is 39.3. The van der Waals surface area contributed by atoms with E-state index in [9.17, 15) is 12.8 Å². The average Bonchev–Trinajstić information content (AvgIpc) is 2.39. The molecular weight excluding hydrogens is 333 g/mol. The van der Waals surface area contributed by atoms with Crippen LogP contribution in [0.1, 0.15) is 19.8 Å². The number of halogens is 2. The van der Waals surface area contributed by atoms with Crippen LogP contribution >= 0.6 is 15.9 Å². The second kappa shape index (κ2) is 5.89. The lowest BCUT2D eigenvalue weighted by Crippen LogP contribution is -2.39. The molecule has 1 saturated heterocycles. The van der Waals surface area contributed by atoms with Gasteiger partial charge in [0, 0.05) is 17.9 Å². The Hall–Kier alpha value is -0.460. The molecule has 6 heteroatoms. The Morgan fingerprint density at radius 3 is 2.53 bits per heavy atom. The summed E-state index contributed by atoms with van der Waals surface area (Å²) in [6.07, 6.45) is 1.67. The standard InChI is InChI=1S/C13H17BrFNO2S/c1-10(14)11-5-7-16(8-6-11)19(17,18)13-4-2-3-12(15)9-13/h2-4,9-11H,5-8H2,1H3. The van der Waals surface area contributed by atoms with Crippen molar-refractivity contribution in [3.8, 4) is 0 Å². The lowest BCUT2D eigenvalue weighted by atomic mass is 9.96. The number of nitrogens with zero attached hydrogens (tertiary/aromatic N) is 1. The van der Waals surface area contributed by atoms with Crippen molar-refractivity contribution in [1.29, 1.82) is 0 Å². The van der Waals surface area contributed by atoms with Gasteiger partial charge < -0.3 is 0 Å². The molecule has 2 rings (SSSR count). The van der Waals surface area contributed by atoms with Crippen molar-refractivity contribution < 1.29 is 12.8 Å². The zero-order valence-electron chi connectivity index (χ0n) is 10.7. The molecule has 0 amide bonds. The number of piperidine rings is 1. The van der Waals surface area contributed by atoms with Crippen LogP contribution in [0.25, 0.3) is 0 Å². The van der Waals surface area contributed by atoms with Gasteiger partial charge in [0.15, 0.2) is 0 Å². The summed E-state index contributed by atoms with van der Waals surface area (Å²) in [6, 6.07) is 5.19. The predicted octanol–water partition coefficient (Wildman–Crippen LogP) is 3.01. The smallest absolute Gasteiger partial charge is 0.207 e. The lowest BCUT2D eigenvalue weighted by Gasteiger charge is -2.32. The largest absolute Gasteiger partial charge is 0.243 e. The average molecular weight is 350 g/mol. The molecule has 1 heterocycles. The van der Waals surface area contributed by atoms with E-state index in [4.69, 9.17) is 0 Å². The summed E-state index contributed by atoms with van der Waals surface area (Å²) in [5.41, 5.74) is 0. The van der Waals surface area contributed by atoms with Crippen molar-refractivity contribution in [2.75, 3.05) is 13.1 Å². The maximum absolute atomic E-state index is 13.1. The van der Waals surface area contributed by atoms with E-state index in [0.717, 1.165) is 18.9 Å². The number of hydrogen-bond acceptors (Lipinski definition) is 2. The maximum Gasteiger partial charge on any atom is 0.243 e. The van der Waals surface area contributed by atoms with Crippen molar-refractivity contribution in [3.63, 3.8) is 0 Å². The summed E-state index contributed by atoms with van der Waals surface area (Å²) in [5, 5.41) is 0. The van der Waals surface area contributed by atoms with E-state index in [0.29, 0.717) is 23.8 Å². The van der Waals surface area contributed by atoms with Gasteiger partial charge in [0.1, 0.15) is 5.82 Å². The number of sulfonamides is 1. The minimum absolute atomic E-state index is 0.0397. The molecular formula is C13H17BrFNO2S. The third-order valence-corrected chi connectivity index (χ3v) is 6.22. The highest BCUT2D eigenvalue weighted by atomic mass is 79.9. The highest BCUT2D eigenvalue weighted by Crippen LogP contribution is 2.28. The molecule has 0 bridgehead atoms. The number of alkyl halides is 1. The van der Waals surface area contributed by atoms with Crippen LogP contribution in [-0.2, 0) is 10.0 Å². The molecule has 1 aromatic rings. The van der Waals surface area contributed by atoms with E-state index in [2.05, 4.69) is 22.9 Å². The summed E-state index contributed by atoms with van der Waals surface area (Å²) >= 11 is 3.54. The van der Waals surface area contributed by atoms with Crippen molar-refractivity contribution in [2.45, 2.75) is 29.5 Å².